The van der Waals surface area contributed by atoms with Gasteiger partial charge in [-0.05, 0) is 42.3 Å². The van der Waals surface area contributed by atoms with E-state index in [0.29, 0.717) is 22.3 Å². The first kappa shape index (κ1) is 17.6. The van der Waals surface area contributed by atoms with Gasteiger partial charge in [0.05, 0.1) is 12.5 Å². The average molecular weight is 352 g/mol. The van der Waals surface area contributed by atoms with Gasteiger partial charge < -0.3 is 10.1 Å². The maximum Gasteiger partial charge on any atom is 0.278 e. The zero-order valence-electron chi connectivity index (χ0n) is 14.8. The van der Waals surface area contributed by atoms with Gasteiger partial charge in [-0.1, -0.05) is 31.2 Å². The van der Waals surface area contributed by atoms with Gasteiger partial charge in [0.15, 0.2) is 0 Å². The van der Waals surface area contributed by atoms with Gasteiger partial charge in [0.1, 0.15) is 17.3 Å². The van der Waals surface area contributed by atoms with Crippen molar-refractivity contribution in [2.75, 3.05) is 12.4 Å². The standard InChI is InChI=1S/C19H20N4O3/c1-12(2)17(18(24)20-13-8-10-14(26-3)11-9-13)23-19(25)15-6-4-5-7-16(15)21-22-23/h4-12,17H,1-3H3,(H,20,24)/t17-/m0/s1. The van der Waals surface area contributed by atoms with E-state index < -0.39 is 6.04 Å². The summed E-state index contributed by atoms with van der Waals surface area (Å²) in [5.41, 5.74) is 0.786. The quantitative estimate of drug-likeness (QED) is 0.763. The number of carbonyl (C=O) groups excluding carboxylic acids is 1. The molecule has 1 atom stereocenters. The van der Waals surface area contributed by atoms with Gasteiger partial charge in [0.2, 0.25) is 5.91 Å². The lowest BCUT2D eigenvalue weighted by Gasteiger charge is -2.21. The fourth-order valence-corrected chi connectivity index (χ4v) is 2.77. The molecule has 3 rings (SSSR count). The van der Waals surface area contributed by atoms with Crippen LogP contribution in [0.4, 0.5) is 5.69 Å². The molecule has 26 heavy (non-hydrogen) atoms. The van der Waals surface area contributed by atoms with E-state index in [4.69, 9.17) is 4.74 Å². The summed E-state index contributed by atoms with van der Waals surface area (Å²) in [5.74, 6) is 0.221. The second-order valence-corrected chi connectivity index (χ2v) is 6.26. The number of anilines is 1. The number of fused-ring (bicyclic) bond motifs is 1. The van der Waals surface area contributed by atoms with Crippen molar-refractivity contribution in [3.8, 4) is 5.75 Å². The molecule has 3 aromatic rings. The zero-order chi connectivity index (χ0) is 18.7. The van der Waals surface area contributed by atoms with Crippen molar-refractivity contribution < 1.29 is 9.53 Å². The Hall–Kier alpha value is -3.22. The van der Waals surface area contributed by atoms with E-state index in [1.165, 1.54) is 0 Å². The van der Waals surface area contributed by atoms with Gasteiger partial charge in [-0.2, -0.15) is 4.68 Å². The van der Waals surface area contributed by atoms with Crippen molar-refractivity contribution in [1.29, 1.82) is 0 Å². The van der Waals surface area contributed by atoms with Crippen LogP contribution in [0.25, 0.3) is 10.9 Å². The minimum Gasteiger partial charge on any atom is -0.497 e. The molecular weight excluding hydrogens is 332 g/mol. The summed E-state index contributed by atoms with van der Waals surface area (Å²) in [6, 6.07) is 13.2. The fourth-order valence-electron chi connectivity index (χ4n) is 2.77. The second kappa shape index (κ2) is 7.35. The maximum atomic E-state index is 12.8. The van der Waals surface area contributed by atoms with Crippen LogP contribution in [-0.4, -0.2) is 28.0 Å². The number of aromatic nitrogens is 3. The van der Waals surface area contributed by atoms with Gasteiger partial charge in [-0.15, -0.1) is 5.10 Å². The lowest BCUT2D eigenvalue weighted by molar-refractivity contribution is -0.120. The van der Waals surface area contributed by atoms with Crippen LogP contribution in [0.2, 0.25) is 0 Å². The van der Waals surface area contributed by atoms with Crippen LogP contribution in [0.15, 0.2) is 53.3 Å². The van der Waals surface area contributed by atoms with Gasteiger partial charge in [-0.3, -0.25) is 9.59 Å². The number of hydrogen-bond acceptors (Lipinski definition) is 5. The maximum absolute atomic E-state index is 12.8. The van der Waals surface area contributed by atoms with Crippen LogP contribution in [0.3, 0.4) is 0 Å². The topological polar surface area (TPSA) is 86.1 Å². The number of amides is 1. The van der Waals surface area contributed by atoms with E-state index in [2.05, 4.69) is 15.6 Å². The van der Waals surface area contributed by atoms with Crippen molar-refractivity contribution in [1.82, 2.24) is 15.0 Å². The highest BCUT2D eigenvalue weighted by Gasteiger charge is 2.27. The molecule has 0 aliphatic heterocycles. The molecule has 7 nitrogen and oxygen atoms in total. The van der Waals surface area contributed by atoms with Crippen molar-refractivity contribution in [3.63, 3.8) is 0 Å². The van der Waals surface area contributed by atoms with Crippen molar-refractivity contribution in [2.24, 2.45) is 5.92 Å². The molecule has 134 valence electrons. The minimum absolute atomic E-state index is 0.151. The lowest BCUT2D eigenvalue weighted by Crippen LogP contribution is -2.38. The normalized spacial score (nSPS) is 12.2. The van der Waals surface area contributed by atoms with Gasteiger partial charge in [-0.25, -0.2) is 0 Å². The summed E-state index contributed by atoms with van der Waals surface area (Å²) in [4.78, 5) is 25.6. The van der Waals surface area contributed by atoms with Crippen LogP contribution in [0.5, 0.6) is 5.75 Å². The van der Waals surface area contributed by atoms with E-state index in [1.807, 2.05) is 13.8 Å². The fraction of sp³-hybridized carbons (Fsp3) is 0.263. The number of nitrogens with one attached hydrogen (secondary N) is 1. The molecule has 0 fully saturated rings. The Labute approximate surface area is 150 Å². The molecule has 1 aromatic heterocycles. The SMILES string of the molecule is COc1ccc(NC(=O)[C@H](C(C)C)n2nnc3ccccc3c2=O)cc1. The molecule has 0 bridgehead atoms. The van der Waals surface area contributed by atoms with Crippen LogP contribution in [0, 0.1) is 5.92 Å². The first-order valence-electron chi connectivity index (χ1n) is 8.30. The molecule has 2 aromatic carbocycles. The van der Waals surface area contributed by atoms with Gasteiger partial charge in [0, 0.05) is 5.69 Å². The van der Waals surface area contributed by atoms with Crippen molar-refractivity contribution >= 4 is 22.5 Å². The number of hydrogen-bond donors (Lipinski definition) is 1. The number of carbonyl (C=O) groups is 1. The number of rotatable bonds is 5. The number of ether oxygens (including phenoxy) is 1. The molecule has 1 N–H and O–H groups in total. The Balaban J connectivity index is 1.95. The Morgan fingerprint density at radius 3 is 2.46 bits per heavy atom. The monoisotopic (exact) mass is 352 g/mol. The number of benzene rings is 2. The minimum atomic E-state index is -0.776. The predicted octanol–water partition coefficient (Wildman–Crippen LogP) is 2.64. The molecule has 1 heterocycles. The molecule has 7 heteroatoms. The Kier molecular flexibility index (Phi) is 4.97. The van der Waals surface area contributed by atoms with Crippen LogP contribution < -0.4 is 15.6 Å². The molecule has 0 radical (unpaired) electrons. The summed E-state index contributed by atoms with van der Waals surface area (Å²) in [5, 5.41) is 11.3. The predicted molar refractivity (Wildman–Crippen MR) is 99.3 cm³/mol. The third kappa shape index (κ3) is 3.42. The van der Waals surface area contributed by atoms with Gasteiger partial charge >= 0.3 is 0 Å². The Bertz CT molecular complexity index is 980. The number of methoxy groups -OCH3 is 1. The molecule has 0 aliphatic rings. The van der Waals surface area contributed by atoms with Crippen LogP contribution >= 0.6 is 0 Å². The van der Waals surface area contributed by atoms with E-state index in [-0.39, 0.29) is 17.4 Å². The van der Waals surface area contributed by atoms with Crippen molar-refractivity contribution in [2.45, 2.75) is 19.9 Å². The van der Waals surface area contributed by atoms with Crippen molar-refractivity contribution in [3.05, 3.63) is 58.9 Å². The lowest BCUT2D eigenvalue weighted by atomic mass is 10.0. The zero-order valence-corrected chi connectivity index (χ0v) is 14.8. The van der Waals surface area contributed by atoms with E-state index in [0.717, 1.165) is 4.68 Å². The summed E-state index contributed by atoms with van der Waals surface area (Å²) >= 11 is 0. The van der Waals surface area contributed by atoms with Crippen LogP contribution in [-0.2, 0) is 4.79 Å². The molecule has 0 aliphatic carbocycles. The highest BCUT2D eigenvalue weighted by atomic mass is 16.5. The largest absolute Gasteiger partial charge is 0.497 e. The summed E-state index contributed by atoms with van der Waals surface area (Å²) in [6.45, 7) is 3.73. The first-order chi connectivity index (χ1) is 12.5. The average Bonchev–Trinajstić information content (AvgIpc) is 2.64. The second-order valence-electron chi connectivity index (χ2n) is 6.26. The molecule has 0 unspecified atom stereocenters. The van der Waals surface area contributed by atoms with E-state index in [1.54, 1.807) is 55.6 Å². The molecule has 0 saturated heterocycles. The number of nitrogens with zero attached hydrogens (tertiary/aromatic N) is 3. The third-order valence-corrected chi connectivity index (χ3v) is 4.11. The summed E-state index contributed by atoms with van der Waals surface area (Å²) in [7, 11) is 1.58. The van der Waals surface area contributed by atoms with E-state index in [9.17, 15) is 9.59 Å². The summed E-state index contributed by atoms with van der Waals surface area (Å²) < 4.78 is 6.27. The molecular formula is C19H20N4O3. The first-order valence-corrected chi connectivity index (χ1v) is 8.30. The Morgan fingerprint density at radius 1 is 1.12 bits per heavy atom. The Morgan fingerprint density at radius 2 is 1.81 bits per heavy atom. The molecule has 1 amide bonds. The molecule has 0 saturated carbocycles. The van der Waals surface area contributed by atoms with E-state index >= 15 is 0 Å². The highest BCUT2D eigenvalue weighted by Crippen LogP contribution is 2.20. The smallest absolute Gasteiger partial charge is 0.278 e. The molecule has 0 spiro atoms. The highest BCUT2D eigenvalue weighted by molar-refractivity contribution is 5.94. The van der Waals surface area contributed by atoms with Crippen LogP contribution in [0.1, 0.15) is 19.9 Å². The van der Waals surface area contributed by atoms with Gasteiger partial charge in [0.25, 0.3) is 5.56 Å². The summed E-state index contributed by atoms with van der Waals surface area (Å²) in [6.07, 6.45) is 0. The third-order valence-electron chi connectivity index (χ3n) is 4.11.